The van der Waals surface area contributed by atoms with E-state index in [4.69, 9.17) is 9.84 Å². The lowest BCUT2D eigenvalue weighted by molar-refractivity contribution is 0.0694. The molecule has 31 heavy (non-hydrogen) atoms. The van der Waals surface area contributed by atoms with E-state index in [0.717, 1.165) is 37.8 Å². The van der Waals surface area contributed by atoms with E-state index in [9.17, 15) is 9.90 Å². The molecule has 0 aliphatic carbocycles. The number of aromatic carboxylic acids is 1. The monoisotopic (exact) mass is 432 g/mol. The molecule has 0 saturated heterocycles. The van der Waals surface area contributed by atoms with Crippen LogP contribution in [-0.2, 0) is 6.61 Å². The number of nitrogens with zero attached hydrogens (tertiary/aromatic N) is 2. The van der Waals surface area contributed by atoms with Gasteiger partial charge in [-0.2, -0.15) is 0 Å². The summed E-state index contributed by atoms with van der Waals surface area (Å²) < 4.78 is 5.82. The van der Waals surface area contributed by atoms with Gasteiger partial charge in [-0.15, -0.1) is 11.3 Å². The van der Waals surface area contributed by atoms with E-state index in [2.05, 4.69) is 9.97 Å². The quantitative estimate of drug-likeness (QED) is 0.420. The number of thiazole rings is 1. The molecule has 0 amide bonds. The number of carboxylic acids is 1. The third-order valence-corrected chi connectivity index (χ3v) is 6.00. The molecule has 156 valence electrons. The maximum absolute atomic E-state index is 11.1. The summed E-state index contributed by atoms with van der Waals surface area (Å²) in [5.41, 5.74) is 4.36. The summed E-state index contributed by atoms with van der Waals surface area (Å²) in [6.07, 6.45) is 1.70. The molecule has 2 aromatic heterocycles. The molecular formula is C24H20N2O4S. The van der Waals surface area contributed by atoms with Crippen LogP contribution in [0.4, 0.5) is 0 Å². The number of carbonyl (C=O) groups is 1. The molecule has 0 spiro atoms. The predicted octanol–water partition coefficient (Wildman–Crippen LogP) is 5.47. The predicted molar refractivity (Wildman–Crippen MR) is 120 cm³/mol. The Morgan fingerprint density at radius 3 is 2.55 bits per heavy atom. The zero-order valence-corrected chi connectivity index (χ0v) is 17.8. The zero-order valence-electron chi connectivity index (χ0n) is 17.0. The Morgan fingerprint density at radius 1 is 1.03 bits per heavy atom. The summed E-state index contributed by atoms with van der Waals surface area (Å²) in [5.74, 6) is -0.814. The second-order valence-electron chi connectivity index (χ2n) is 7.05. The van der Waals surface area contributed by atoms with Crippen molar-refractivity contribution in [3.63, 3.8) is 0 Å². The van der Waals surface area contributed by atoms with E-state index in [1.165, 1.54) is 12.1 Å². The summed E-state index contributed by atoms with van der Waals surface area (Å²) in [7, 11) is 0. The van der Waals surface area contributed by atoms with Crippen molar-refractivity contribution >= 4 is 17.3 Å². The lowest BCUT2D eigenvalue weighted by Gasteiger charge is -2.07. The Kier molecular flexibility index (Phi) is 5.68. The number of aryl methyl sites for hydroxylation is 2. The highest BCUT2D eigenvalue weighted by atomic mass is 32.1. The number of ether oxygens (including phenoxy) is 1. The molecule has 0 aliphatic heterocycles. The number of benzene rings is 2. The van der Waals surface area contributed by atoms with Gasteiger partial charge in [0.15, 0.2) is 0 Å². The summed E-state index contributed by atoms with van der Waals surface area (Å²) in [6, 6.07) is 16.2. The first-order valence-corrected chi connectivity index (χ1v) is 10.4. The van der Waals surface area contributed by atoms with Gasteiger partial charge in [0, 0.05) is 11.8 Å². The number of hydrogen-bond donors (Lipinski definition) is 2. The van der Waals surface area contributed by atoms with Crippen molar-refractivity contribution in [2.24, 2.45) is 0 Å². The van der Waals surface area contributed by atoms with Crippen LogP contribution in [0.15, 0.2) is 60.8 Å². The molecule has 6 nitrogen and oxygen atoms in total. The lowest BCUT2D eigenvalue weighted by atomic mass is 10.0. The molecule has 2 N–H and O–H groups in total. The summed E-state index contributed by atoms with van der Waals surface area (Å²) >= 11 is 1.56. The molecule has 7 heteroatoms. The van der Waals surface area contributed by atoms with Gasteiger partial charge in [-0.25, -0.2) is 14.8 Å². The molecule has 2 aromatic carbocycles. The molecule has 0 radical (unpaired) electrons. The fourth-order valence-electron chi connectivity index (χ4n) is 3.27. The normalized spacial score (nSPS) is 10.8. The minimum absolute atomic E-state index is 0.119. The molecule has 2 heterocycles. The molecule has 4 rings (SSSR count). The number of phenols is 1. The van der Waals surface area contributed by atoms with Crippen molar-refractivity contribution in [2.45, 2.75) is 20.5 Å². The minimum Gasteiger partial charge on any atom is -0.507 e. The summed E-state index contributed by atoms with van der Waals surface area (Å²) in [4.78, 5) is 21.1. The van der Waals surface area contributed by atoms with E-state index in [1.807, 2.05) is 50.2 Å². The maximum atomic E-state index is 11.1. The highest BCUT2D eigenvalue weighted by Crippen LogP contribution is 2.34. The first-order chi connectivity index (χ1) is 14.9. The molecule has 0 aliphatic rings. The van der Waals surface area contributed by atoms with Crippen molar-refractivity contribution in [3.05, 3.63) is 82.6 Å². The number of rotatable bonds is 6. The van der Waals surface area contributed by atoms with Crippen molar-refractivity contribution in [1.82, 2.24) is 9.97 Å². The molecule has 0 bridgehead atoms. The van der Waals surface area contributed by atoms with E-state index in [1.54, 1.807) is 23.6 Å². The Hall–Kier alpha value is -3.71. The third kappa shape index (κ3) is 4.41. The molecular weight excluding hydrogens is 412 g/mol. The Bertz CT molecular complexity index is 1270. The third-order valence-electron chi connectivity index (χ3n) is 4.82. The van der Waals surface area contributed by atoms with Gasteiger partial charge in [-0.3, -0.25) is 0 Å². The van der Waals surface area contributed by atoms with Crippen LogP contribution in [-0.4, -0.2) is 26.2 Å². The highest BCUT2D eigenvalue weighted by molar-refractivity contribution is 7.15. The average molecular weight is 433 g/mol. The first kappa shape index (κ1) is 20.6. The van der Waals surface area contributed by atoms with Crippen LogP contribution in [0.25, 0.3) is 21.6 Å². The topological polar surface area (TPSA) is 92.5 Å². The summed E-state index contributed by atoms with van der Waals surface area (Å²) in [6.45, 7) is 4.25. The molecule has 0 unspecified atom stereocenters. The second-order valence-corrected chi connectivity index (χ2v) is 8.14. The van der Waals surface area contributed by atoms with Gasteiger partial charge < -0.3 is 14.9 Å². The van der Waals surface area contributed by atoms with E-state index >= 15 is 0 Å². The second kappa shape index (κ2) is 8.57. The van der Waals surface area contributed by atoms with Crippen LogP contribution in [0.5, 0.6) is 11.6 Å². The van der Waals surface area contributed by atoms with Crippen molar-refractivity contribution in [3.8, 4) is 33.2 Å². The van der Waals surface area contributed by atoms with Gasteiger partial charge in [0.2, 0.25) is 5.88 Å². The van der Waals surface area contributed by atoms with Gasteiger partial charge in [0.25, 0.3) is 0 Å². The van der Waals surface area contributed by atoms with Crippen LogP contribution < -0.4 is 4.74 Å². The fourth-order valence-corrected chi connectivity index (χ4v) is 4.24. The lowest BCUT2D eigenvalue weighted by Crippen LogP contribution is -1.98. The van der Waals surface area contributed by atoms with Crippen LogP contribution in [0.1, 0.15) is 26.6 Å². The standard InChI is InChI=1S/C24H20N2O4S/c1-14-5-4-10-25-23(14)30-13-21-26-15(2)22(31-21)18-7-3-6-16(11-18)17-8-9-19(24(28)29)20(27)12-17/h3-12,27H,13H2,1-2H3,(H,28,29). The largest absolute Gasteiger partial charge is 0.507 e. The smallest absolute Gasteiger partial charge is 0.339 e. The van der Waals surface area contributed by atoms with Crippen molar-refractivity contribution < 1.29 is 19.7 Å². The number of pyridine rings is 1. The van der Waals surface area contributed by atoms with Crippen LogP contribution >= 0.6 is 11.3 Å². The van der Waals surface area contributed by atoms with E-state index in [0.29, 0.717) is 12.5 Å². The average Bonchev–Trinajstić information content (AvgIpc) is 3.13. The number of hydrogen-bond acceptors (Lipinski definition) is 6. The molecule has 0 saturated carbocycles. The van der Waals surface area contributed by atoms with Gasteiger partial charge in [-0.1, -0.05) is 30.3 Å². The fraction of sp³-hybridized carbons (Fsp3) is 0.125. The minimum atomic E-state index is -1.16. The Labute approximate surface area is 183 Å². The molecule has 0 atom stereocenters. The molecule has 4 aromatic rings. The van der Waals surface area contributed by atoms with Crippen molar-refractivity contribution in [2.75, 3.05) is 0 Å². The zero-order chi connectivity index (χ0) is 22.0. The van der Waals surface area contributed by atoms with Crippen molar-refractivity contribution in [1.29, 1.82) is 0 Å². The van der Waals surface area contributed by atoms with E-state index < -0.39 is 5.97 Å². The van der Waals surface area contributed by atoms with Crippen LogP contribution in [0.3, 0.4) is 0 Å². The maximum Gasteiger partial charge on any atom is 0.339 e. The Morgan fingerprint density at radius 2 is 1.81 bits per heavy atom. The summed E-state index contributed by atoms with van der Waals surface area (Å²) in [5, 5.41) is 20.0. The van der Waals surface area contributed by atoms with E-state index in [-0.39, 0.29) is 11.3 Å². The van der Waals surface area contributed by atoms with Gasteiger partial charge in [-0.05, 0) is 54.8 Å². The first-order valence-electron chi connectivity index (χ1n) is 9.60. The van der Waals surface area contributed by atoms with Crippen LogP contribution in [0.2, 0.25) is 0 Å². The van der Waals surface area contributed by atoms with Crippen LogP contribution in [0, 0.1) is 13.8 Å². The number of aromatic hydroxyl groups is 1. The Balaban J connectivity index is 1.59. The molecule has 0 fully saturated rings. The SMILES string of the molecule is Cc1cccnc1OCc1nc(C)c(-c2cccc(-c3ccc(C(=O)O)c(O)c3)c2)s1. The van der Waals surface area contributed by atoms with Gasteiger partial charge in [0.1, 0.15) is 22.9 Å². The number of carboxylic acid groups (broad SMARTS) is 1. The number of aromatic nitrogens is 2. The highest BCUT2D eigenvalue weighted by Gasteiger charge is 2.14. The van der Waals surface area contributed by atoms with Gasteiger partial charge >= 0.3 is 5.97 Å². The van der Waals surface area contributed by atoms with Gasteiger partial charge in [0.05, 0.1) is 10.6 Å².